The Labute approximate surface area is 217 Å². The van der Waals surface area contributed by atoms with E-state index in [2.05, 4.69) is 16.9 Å². The summed E-state index contributed by atoms with van der Waals surface area (Å²) in [7, 11) is -2.36. The fraction of sp³-hybridized carbons (Fsp3) is 0.346. The van der Waals surface area contributed by atoms with Gasteiger partial charge in [0, 0.05) is 36.9 Å². The summed E-state index contributed by atoms with van der Waals surface area (Å²) in [6.07, 6.45) is 2.29. The van der Waals surface area contributed by atoms with Crippen LogP contribution in [0.1, 0.15) is 43.1 Å². The van der Waals surface area contributed by atoms with Crippen molar-refractivity contribution in [1.29, 1.82) is 0 Å². The van der Waals surface area contributed by atoms with Crippen molar-refractivity contribution >= 4 is 39.0 Å². The van der Waals surface area contributed by atoms with E-state index in [1.807, 2.05) is 48.9 Å². The van der Waals surface area contributed by atoms with Crippen LogP contribution < -0.4 is 15.5 Å². The van der Waals surface area contributed by atoms with Gasteiger partial charge in [0.15, 0.2) is 5.03 Å². The summed E-state index contributed by atoms with van der Waals surface area (Å²) in [5.74, 6) is 0.255. The first-order valence-electron chi connectivity index (χ1n) is 11.6. The third-order valence-corrected chi connectivity index (χ3v) is 8.37. The molecule has 0 bridgehead atoms. The zero-order valence-corrected chi connectivity index (χ0v) is 22.3. The second-order valence-electron chi connectivity index (χ2n) is 9.93. The summed E-state index contributed by atoms with van der Waals surface area (Å²) in [6.45, 7) is 7.33. The highest BCUT2D eigenvalue weighted by molar-refractivity contribution is 7.91. The Morgan fingerprint density at radius 2 is 1.94 bits per heavy atom. The van der Waals surface area contributed by atoms with Gasteiger partial charge in [-0.3, -0.25) is 4.79 Å². The number of nitrogens with zero attached hydrogens (tertiary/aromatic N) is 4. The van der Waals surface area contributed by atoms with Crippen LogP contribution in [0.3, 0.4) is 0 Å². The van der Waals surface area contributed by atoms with Gasteiger partial charge in [0.2, 0.25) is 9.84 Å². The van der Waals surface area contributed by atoms with Crippen molar-refractivity contribution in [1.82, 2.24) is 9.97 Å². The minimum Gasteiger partial charge on any atom is -0.365 e. The SMILES string of the molecule is CC1CN(c2nccc(S(=O)(=O)c3cccc(N(C)Cc4cccc(Cl)c4)n3)c2C(N)=O)C(C)(C)C1. The van der Waals surface area contributed by atoms with Gasteiger partial charge in [0.05, 0.1) is 4.90 Å². The van der Waals surface area contributed by atoms with Crippen molar-refractivity contribution < 1.29 is 13.2 Å². The maximum Gasteiger partial charge on any atom is 0.253 e. The normalized spacial score (nSPS) is 17.2. The van der Waals surface area contributed by atoms with Crippen LogP contribution in [0.2, 0.25) is 5.02 Å². The van der Waals surface area contributed by atoms with E-state index in [1.54, 1.807) is 18.2 Å². The minimum atomic E-state index is -4.18. The largest absolute Gasteiger partial charge is 0.365 e. The van der Waals surface area contributed by atoms with E-state index in [9.17, 15) is 13.2 Å². The molecule has 8 nitrogen and oxygen atoms in total. The second-order valence-corrected chi connectivity index (χ2v) is 12.2. The number of amides is 1. The lowest BCUT2D eigenvalue weighted by molar-refractivity contribution is 0.0997. The average Bonchev–Trinajstić information content (AvgIpc) is 3.10. The van der Waals surface area contributed by atoms with Gasteiger partial charge in [-0.05, 0) is 62.1 Å². The molecule has 1 fully saturated rings. The number of halogens is 1. The first-order chi connectivity index (χ1) is 16.9. The molecule has 3 aromatic rings. The van der Waals surface area contributed by atoms with E-state index in [0.717, 1.165) is 12.0 Å². The van der Waals surface area contributed by atoms with E-state index >= 15 is 0 Å². The Bertz CT molecular complexity index is 1410. The second kappa shape index (κ2) is 9.71. The molecule has 0 saturated carbocycles. The van der Waals surface area contributed by atoms with Crippen LogP contribution in [0.5, 0.6) is 0 Å². The number of aromatic nitrogens is 2. The zero-order chi connectivity index (χ0) is 26.3. The van der Waals surface area contributed by atoms with Crippen LogP contribution in [0, 0.1) is 5.92 Å². The number of hydrogen-bond donors (Lipinski definition) is 1. The van der Waals surface area contributed by atoms with Crippen LogP contribution >= 0.6 is 11.6 Å². The fourth-order valence-electron chi connectivity index (χ4n) is 4.92. The Balaban J connectivity index is 1.74. The van der Waals surface area contributed by atoms with Crippen LogP contribution in [0.25, 0.3) is 0 Å². The van der Waals surface area contributed by atoms with Crippen molar-refractivity contribution in [2.75, 3.05) is 23.4 Å². The molecule has 1 saturated heterocycles. The summed E-state index contributed by atoms with van der Waals surface area (Å²) in [6, 6.07) is 13.5. The maximum absolute atomic E-state index is 13.8. The van der Waals surface area contributed by atoms with Crippen LogP contribution in [0.15, 0.2) is 64.6 Å². The lowest BCUT2D eigenvalue weighted by atomic mass is 9.97. The molecule has 0 spiro atoms. The van der Waals surface area contributed by atoms with Crippen molar-refractivity contribution in [2.45, 2.75) is 49.2 Å². The van der Waals surface area contributed by atoms with Crippen molar-refractivity contribution in [3.05, 3.63) is 70.9 Å². The summed E-state index contributed by atoms with van der Waals surface area (Å²) < 4.78 is 27.6. The summed E-state index contributed by atoms with van der Waals surface area (Å²) in [4.78, 5) is 25.1. The molecule has 1 aliphatic rings. The smallest absolute Gasteiger partial charge is 0.253 e. The van der Waals surface area contributed by atoms with Gasteiger partial charge < -0.3 is 15.5 Å². The van der Waals surface area contributed by atoms with Crippen LogP contribution in [0.4, 0.5) is 11.6 Å². The molecule has 3 heterocycles. The summed E-state index contributed by atoms with van der Waals surface area (Å²) >= 11 is 6.09. The third-order valence-electron chi connectivity index (χ3n) is 6.44. The van der Waals surface area contributed by atoms with Gasteiger partial charge in [-0.2, -0.15) is 0 Å². The van der Waals surface area contributed by atoms with Gasteiger partial charge >= 0.3 is 0 Å². The maximum atomic E-state index is 13.8. The average molecular weight is 528 g/mol. The number of hydrogen-bond acceptors (Lipinski definition) is 7. The van der Waals surface area contributed by atoms with E-state index in [0.29, 0.717) is 29.8 Å². The summed E-state index contributed by atoms with van der Waals surface area (Å²) in [5, 5.41) is 0.444. The number of pyridine rings is 2. The van der Waals surface area contributed by atoms with E-state index < -0.39 is 15.7 Å². The molecule has 1 amide bonds. The minimum absolute atomic E-state index is 0.112. The monoisotopic (exact) mass is 527 g/mol. The molecular weight excluding hydrogens is 498 g/mol. The van der Waals surface area contributed by atoms with Crippen LogP contribution in [-0.2, 0) is 16.4 Å². The van der Waals surface area contributed by atoms with Crippen LogP contribution in [-0.4, -0.2) is 43.4 Å². The highest BCUT2D eigenvalue weighted by Crippen LogP contribution is 2.39. The molecule has 1 atom stereocenters. The lowest BCUT2D eigenvalue weighted by Crippen LogP contribution is -2.40. The predicted molar refractivity (Wildman–Crippen MR) is 141 cm³/mol. The highest BCUT2D eigenvalue weighted by atomic mass is 35.5. The standard InChI is InChI=1S/C26H30ClN5O3S/c1-17-14-26(2,3)32(15-17)25-23(24(28)33)20(11-12-29-25)36(34,35)22-10-6-9-21(30-22)31(4)16-18-7-5-8-19(27)13-18/h5-13,17H,14-16H2,1-4H3,(H2,28,33). The van der Waals surface area contributed by atoms with Gasteiger partial charge in [-0.15, -0.1) is 0 Å². The van der Waals surface area contributed by atoms with Gasteiger partial charge in [0.1, 0.15) is 17.2 Å². The summed E-state index contributed by atoms with van der Waals surface area (Å²) in [5.41, 5.74) is 6.29. The van der Waals surface area contributed by atoms with E-state index in [1.165, 1.54) is 18.3 Å². The lowest BCUT2D eigenvalue weighted by Gasteiger charge is -2.33. The third kappa shape index (κ3) is 5.03. The van der Waals surface area contributed by atoms with Crippen molar-refractivity contribution in [3.8, 4) is 0 Å². The number of carbonyl (C=O) groups is 1. The number of primary amides is 1. The molecule has 1 aromatic carbocycles. The highest BCUT2D eigenvalue weighted by Gasteiger charge is 2.40. The Hall–Kier alpha value is -3.17. The topological polar surface area (TPSA) is 109 Å². The molecule has 10 heteroatoms. The van der Waals surface area contributed by atoms with E-state index in [-0.39, 0.29) is 26.8 Å². The molecule has 190 valence electrons. The Morgan fingerprint density at radius 1 is 1.22 bits per heavy atom. The fourth-order valence-corrected chi connectivity index (χ4v) is 6.53. The first-order valence-corrected chi connectivity index (χ1v) is 13.5. The van der Waals surface area contributed by atoms with Gasteiger partial charge in [-0.1, -0.05) is 36.7 Å². The molecule has 4 rings (SSSR count). The molecule has 1 aliphatic heterocycles. The Kier molecular flexibility index (Phi) is 6.99. The molecule has 2 N–H and O–H groups in total. The first kappa shape index (κ1) is 25.9. The number of rotatable bonds is 7. The molecular formula is C26H30ClN5O3S. The number of sulfone groups is 1. The number of benzene rings is 1. The molecule has 0 aliphatic carbocycles. The molecule has 2 aromatic heterocycles. The molecule has 1 unspecified atom stereocenters. The number of nitrogens with two attached hydrogens (primary N) is 1. The number of anilines is 2. The van der Waals surface area contributed by atoms with Crippen molar-refractivity contribution in [3.63, 3.8) is 0 Å². The quantitative estimate of drug-likeness (QED) is 0.487. The Morgan fingerprint density at radius 3 is 2.58 bits per heavy atom. The van der Waals surface area contributed by atoms with Gasteiger partial charge in [-0.25, -0.2) is 18.4 Å². The molecule has 0 radical (unpaired) electrons. The van der Waals surface area contributed by atoms with Crippen molar-refractivity contribution in [2.24, 2.45) is 11.7 Å². The predicted octanol–water partition coefficient (Wildman–Crippen LogP) is 4.32. The van der Waals surface area contributed by atoms with Gasteiger partial charge in [0.25, 0.3) is 5.91 Å². The molecule has 36 heavy (non-hydrogen) atoms. The van der Waals surface area contributed by atoms with E-state index in [4.69, 9.17) is 17.3 Å². The number of carbonyl (C=O) groups excluding carboxylic acids is 1. The zero-order valence-electron chi connectivity index (χ0n) is 20.8.